The van der Waals surface area contributed by atoms with Crippen LogP contribution in [0.5, 0.6) is 0 Å². The Morgan fingerprint density at radius 3 is 2.60 bits per heavy atom. The summed E-state index contributed by atoms with van der Waals surface area (Å²) in [5.41, 5.74) is 0. The van der Waals surface area contributed by atoms with Crippen LogP contribution in [0.15, 0.2) is 0 Å². The van der Waals surface area contributed by atoms with Crippen molar-refractivity contribution in [2.75, 3.05) is 13.1 Å². The maximum absolute atomic E-state index is 8.46. The Bertz CT molecular complexity index is 46.8. The fourth-order valence-corrected chi connectivity index (χ4v) is 0.245. The second-order valence-electron chi connectivity index (χ2n) is 1.24. The maximum Gasteiger partial charge on any atom is 0.122 e. The van der Waals surface area contributed by atoms with E-state index in [1.807, 2.05) is 0 Å². The summed E-state index contributed by atoms with van der Waals surface area (Å²) in [6.45, 7) is 1.06. The van der Waals surface area contributed by atoms with E-state index in [0.717, 1.165) is 0 Å². The molecule has 0 bridgehead atoms. The lowest BCUT2D eigenvalue weighted by atomic mass is 10.2. The Morgan fingerprint density at radius 1 is 2.00 bits per heavy atom. The number of hydrogen-bond acceptors (Lipinski definition) is 2. The molecule has 0 saturated carbocycles. The lowest BCUT2D eigenvalue weighted by Gasteiger charge is -2.20. The fourth-order valence-electron chi connectivity index (χ4n) is 0.245. The van der Waals surface area contributed by atoms with Crippen molar-refractivity contribution in [2.24, 2.45) is 0 Å². The van der Waals surface area contributed by atoms with Gasteiger partial charge < -0.3 is 10.4 Å². The zero-order chi connectivity index (χ0) is 4.57. The number of nitrogens with one attached hydrogen (secondary N) is 1. The predicted octanol–water partition coefficient (Wildman–Crippen LogP) is -1.05. The zero-order valence-electron chi connectivity index (χ0n) is 3.89. The lowest BCUT2D eigenvalue weighted by Crippen LogP contribution is -2.46. The van der Waals surface area contributed by atoms with Crippen molar-refractivity contribution >= 4 is 0 Å². The molecule has 0 aliphatic carbocycles. The number of aliphatic hydroxyl groups is 1. The van der Waals surface area contributed by atoms with Gasteiger partial charge in [0, 0.05) is 13.1 Å². The van der Waals surface area contributed by atoms with Crippen molar-refractivity contribution in [3.05, 3.63) is 0 Å². The van der Waals surface area contributed by atoms with E-state index in [4.69, 9.17) is 6.52 Å². The van der Waals surface area contributed by atoms with Crippen LogP contribution in [-0.2, 0) is 0 Å². The van der Waals surface area contributed by atoms with Crippen LogP contribution < -0.4 is 5.31 Å². The number of β-amino-alcohol motifs (C(OH)–C–C–N with tert-alkyl or cyclic N) is 1. The first-order chi connectivity index (χ1) is 2.79. The summed E-state index contributed by atoms with van der Waals surface area (Å²) in [4.78, 5) is 0. The largest absolute Gasteiger partial charge is 0.390 e. The molecular formula is C3H7NO. The number of hydrogen-bond donors (Lipinski definition) is 2. The first kappa shape index (κ1) is 2.16. The molecule has 2 N–H and O–H groups in total. The normalized spacial score (nSPS) is 32.6. The van der Waals surface area contributed by atoms with Gasteiger partial charge in [-0.2, -0.15) is 0 Å². The quantitative estimate of drug-likeness (QED) is 0.385. The molecule has 2 heteroatoms. The van der Waals surface area contributed by atoms with E-state index >= 15 is 0 Å². The maximum atomic E-state index is 8.46. The van der Waals surface area contributed by atoms with Gasteiger partial charge in [-0.25, -0.2) is 0 Å². The summed E-state index contributed by atoms with van der Waals surface area (Å²) in [6, 6.07) is 0. The summed E-state index contributed by atoms with van der Waals surface area (Å²) >= 11 is 0. The molecule has 1 rings (SSSR count). The minimum Gasteiger partial charge on any atom is -0.390 e. The minimum absolute atomic E-state index is 0.220. The number of aliphatic hydroxyl groups excluding tert-OH is 1. The summed E-state index contributed by atoms with van der Waals surface area (Å²) in [7, 11) is 0. The smallest absolute Gasteiger partial charge is 0.122 e. The zero-order valence-corrected chi connectivity index (χ0v) is 2.89. The minimum atomic E-state index is -0.220. The van der Waals surface area contributed by atoms with Gasteiger partial charge >= 0.3 is 0 Å². The van der Waals surface area contributed by atoms with E-state index < -0.39 is 0 Å². The molecule has 0 spiro atoms. The second kappa shape index (κ2) is 0.954. The highest BCUT2D eigenvalue weighted by Crippen LogP contribution is 1.85. The van der Waals surface area contributed by atoms with Crippen molar-refractivity contribution in [2.45, 2.75) is 6.10 Å². The molecule has 5 heavy (non-hydrogen) atoms. The molecule has 1 heterocycles. The summed E-state index contributed by atoms with van der Waals surface area (Å²) in [6.07, 6.45) is -0.220. The molecule has 0 aromatic carbocycles. The van der Waals surface area contributed by atoms with E-state index in [9.17, 15) is 0 Å². The molecule has 30 valence electrons. The number of rotatable bonds is 0. The first-order valence-electron chi connectivity index (χ1n) is 2.15. The summed E-state index contributed by atoms with van der Waals surface area (Å²) < 4.78 is 6.72. The first-order valence-corrected chi connectivity index (χ1v) is 1.71. The SMILES string of the molecule is [3H]N1CC(O)C1. The van der Waals surface area contributed by atoms with Crippen molar-refractivity contribution in [3.8, 4) is 0 Å². The molecule has 2 nitrogen and oxygen atoms in total. The van der Waals surface area contributed by atoms with E-state index in [1.54, 1.807) is 0 Å². The average Bonchev–Trinajstić information content (AvgIpc) is 1.33. The highest BCUT2D eigenvalue weighted by Gasteiger charge is 2.10. The molecular weight excluding hydrogens is 66.0 g/mol. The van der Waals surface area contributed by atoms with E-state index in [0.29, 0.717) is 13.1 Å². The molecule has 1 fully saturated rings. The van der Waals surface area contributed by atoms with Gasteiger partial charge in [-0.3, -0.25) is 0 Å². The monoisotopic (exact) mass is 75.1 g/mol. The van der Waals surface area contributed by atoms with Gasteiger partial charge in [0.2, 0.25) is 0 Å². The van der Waals surface area contributed by atoms with Crippen molar-refractivity contribution in [3.63, 3.8) is 0 Å². The molecule has 0 unspecified atom stereocenters. The van der Waals surface area contributed by atoms with Gasteiger partial charge in [0.15, 0.2) is 0 Å². The highest BCUT2D eigenvalue weighted by molar-refractivity contribution is 4.71. The van der Waals surface area contributed by atoms with Gasteiger partial charge in [-0.1, -0.05) is 0 Å². The van der Waals surface area contributed by atoms with Crippen LogP contribution in [0.2, 0.25) is 1.41 Å². The molecule has 1 saturated heterocycles. The molecule has 1 aliphatic heterocycles. The Balaban J connectivity index is 2.11. The average molecular weight is 75.1 g/mol. The van der Waals surface area contributed by atoms with Crippen LogP contribution in [0.1, 0.15) is 0 Å². The Morgan fingerprint density at radius 2 is 2.60 bits per heavy atom. The second-order valence-corrected chi connectivity index (χ2v) is 1.24. The van der Waals surface area contributed by atoms with Crippen LogP contribution in [0.3, 0.4) is 0 Å². The standard InChI is InChI=1S/C3H7NO/c5-3-1-4-2-3/h3-5H,1-2H2/i/hT. The molecule has 0 aromatic rings. The fraction of sp³-hybridized carbons (Fsp3) is 1.00. The van der Waals surface area contributed by atoms with Crippen LogP contribution in [-0.4, -0.2) is 24.3 Å². The van der Waals surface area contributed by atoms with Crippen molar-refractivity contribution < 1.29 is 6.52 Å². The highest BCUT2D eigenvalue weighted by atomic mass is 16.3. The molecule has 0 atom stereocenters. The van der Waals surface area contributed by atoms with E-state index in [2.05, 4.69) is 0 Å². The van der Waals surface area contributed by atoms with E-state index in [-0.39, 0.29) is 6.10 Å². The third-order valence-corrected chi connectivity index (χ3v) is 0.680. The summed E-state index contributed by atoms with van der Waals surface area (Å²) in [5, 5.41) is 9.78. The molecule has 0 aromatic heterocycles. The molecule has 0 amide bonds. The Kier molecular flexibility index (Phi) is 0.411. The van der Waals surface area contributed by atoms with Crippen molar-refractivity contribution in [1.29, 1.82) is 0 Å². The van der Waals surface area contributed by atoms with Gasteiger partial charge in [0.25, 0.3) is 0 Å². The topological polar surface area (TPSA) is 32.3 Å². The Labute approximate surface area is 32.3 Å². The van der Waals surface area contributed by atoms with Crippen molar-refractivity contribution in [1.82, 2.24) is 5.31 Å². The predicted molar refractivity (Wildman–Crippen MR) is 18.9 cm³/mol. The van der Waals surface area contributed by atoms with Gasteiger partial charge in [-0.05, 0) is 0 Å². The Hall–Kier alpha value is -0.0800. The third-order valence-electron chi connectivity index (χ3n) is 0.680. The molecule has 1 aliphatic rings. The van der Waals surface area contributed by atoms with Crippen LogP contribution in [0.25, 0.3) is 0 Å². The van der Waals surface area contributed by atoms with Crippen LogP contribution >= 0.6 is 0 Å². The van der Waals surface area contributed by atoms with Crippen LogP contribution in [0, 0.1) is 0 Å². The summed E-state index contributed by atoms with van der Waals surface area (Å²) in [5.74, 6) is 0. The lowest BCUT2D eigenvalue weighted by molar-refractivity contribution is 0.117. The third kappa shape index (κ3) is 0.412. The van der Waals surface area contributed by atoms with E-state index in [1.165, 1.54) is 5.31 Å². The van der Waals surface area contributed by atoms with Crippen LogP contribution in [0.4, 0.5) is 0 Å². The van der Waals surface area contributed by atoms with Gasteiger partial charge in [0.05, 0.1) is 6.10 Å². The van der Waals surface area contributed by atoms with Gasteiger partial charge in [0.1, 0.15) is 1.41 Å². The van der Waals surface area contributed by atoms with Gasteiger partial charge in [-0.15, -0.1) is 0 Å². The molecule has 0 radical (unpaired) electrons.